The number of carbonyl (C=O) groups excluding carboxylic acids is 1. The lowest BCUT2D eigenvalue weighted by Gasteiger charge is -2.18. The minimum atomic E-state index is -3.55. The molecule has 0 radical (unpaired) electrons. The van der Waals surface area contributed by atoms with E-state index in [9.17, 15) is 13.2 Å². The van der Waals surface area contributed by atoms with Crippen molar-refractivity contribution in [1.82, 2.24) is 14.5 Å². The molecule has 0 aliphatic carbocycles. The van der Waals surface area contributed by atoms with E-state index >= 15 is 0 Å². The first-order valence-electron chi connectivity index (χ1n) is 8.86. The maximum absolute atomic E-state index is 12.5. The van der Waals surface area contributed by atoms with E-state index in [1.54, 1.807) is 13.8 Å². The summed E-state index contributed by atoms with van der Waals surface area (Å²) in [5.74, 6) is -0.379. The third-order valence-electron chi connectivity index (χ3n) is 4.20. The van der Waals surface area contributed by atoms with Crippen LogP contribution in [0.5, 0.6) is 0 Å². The number of hydrogen-bond donors (Lipinski definition) is 1. The normalized spacial score (nSPS) is 11.6. The number of rotatable bonds is 7. The van der Waals surface area contributed by atoms with Crippen LogP contribution in [-0.4, -0.2) is 41.9 Å². The first-order chi connectivity index (χ1) is 13.8. The zero-order valence-electron chi connectivity index (χ0n) is 15.8. The number of aromatic nitrogens is 2. The van der Waals surface area contributed by atoms with Crippen LogP contribution in [0.15, 0.2) is 57.9 Å². The summed E-state index contributed by atoms with van der Waals surface area (Å²) < 4.78 is 27.4. The fourth-order valence-corrected chi connectivity index (χ4v) is 5.11. The van der Waals surface area contributed by atoms with Crippen molar-refractivity contribution in [2.45, 2.75) is 18.7 Å². The van der Waals surface area contributed by atoms with Crippen molar-refractivity contribution in [3.8, 4) is 10.6 Å². The lowest BCUT2D eigenvalue weighted by Crippen LogP contribution is -2.30. The second kappa shape index (κ2) is 9.12. The largest absolute Gasteiger partial charge is 0.296 e. The molecule has 0 aliphatic rings. The van der Waals surface area contributed by atoms with Crippen LogP contribution in [-0.2, 0) is 10.0 Å². The van der Waals surface area contributed by atoms with Gasteiger partial charge in [0, 0.05) is 28.7 Å². The number of sulfonamides is 1. The van der Waals surface area contributed by atoms with E-state index in [1.165, 1.54) is 39.9 Å². The van der Waals surface area contributed by atoms with Crippen molar-refractivity contribution >= 4 is 48.3 Å². The Bertz CT molecular complexity index is 1090. The number of benzene rings is 2. The molecule has 0 saturated heterocycles. The van der Waals surface area contributed by atoms with Gasteiger partial charge in [-0.3, -0.25) is 10.1 Å². The minimum absolute atomic E-state index is 0.159. The molecule has 1 amide bonds. The minimum Gasteiger partial charge on any atom is -0.296 e. The van der Waals surface area contributed by atoms with Crippen molar-refractivity contribution in [3.63, 3.8) is 0 Å². The van der Waals surface area contributed by atoms with Crippen molar-refractivity contribution in [1.29, 1.82) is 0 Å². The molecule has 1 N–H and O–H groups in total. The summed E-state index contributed by atoms with van der Waals surface area (Å²) >= 11 is 4.65. The molecule has 7 nitrogen and oxygen atoms in total. The van der Waals surface area contributed by atoms with E-state index < -0.39 is 10.0 Å². The zero-order chi connectivity index (χ0) is 21.0. The van der Waals surface area contributed by atoms with Gasteiger partial charge in [-0.25, -0.2) is 8.42 Å². The number of nitrogens with zero attached hydrogens (tertiary/aromatic N) is 3. The number of carbonyl (C=O) groups is 1. The third kappa shape index (κ3) is 4.89. The molecule has 0 spiro atoms. The predicted molar refractivity (Wildman–Crippen MR) is 118 cm³/mol. The molecule has 1 aromatic heterocycles. The molecule has 2 aromatic carbocycles. The summed E-state index contributed by atoms with van der Waals surface area (Å²) in [6, 6.07) is 13.5. The molecule has 0 atom stereocenters. The number of halogens is 1. The van der Waals surface area contributed by atoms with Crippen molar-refractivity contribution < 1.29 is 13.2 Å². The summed E-state index contributed by atoms with van der Waals surface area (Å²) in [7, 11) is -3.55. The fourth-order valence-electron chi connectivity index (χ4n) is 2.64. The number of hydrogen-bond acceptors (Lipinski definition) is 6. The van der Waals surface area contributed by atoms with E-state index in [-0.39, 0.29) is 10.8 Å². The Morgan fingerprint density at radius 3 is 2.24 bits per heavy atom. The molecule has 0 fully saturated rings. The maximum atomic E-state index is 12.5. The summed E-state index contributed by atoms with van der Waals surface area (Å²) in [5, 5.41) is 11.9. The van der Waals surface area contributed by atoms with Gasteiger partial charge < -0.3 is 0 Å². The Kier molecular flexibility index (Phi) is 6.78. The number of anilines is 1. The fraction of sp³-hybridized carbons (Fsp3) is 0.211. The van der Waals surface area contributed by atoms with E-state index in [2.05, 4.69) is 31.4 Å². The second-order valence-electron chi connectivity index (χ2n) is 5.99. The van der Waals surface area contributed by atoms with Gasteiger partial charge >= 0.3 is 0 Å². The summed E-state index contributed by atoms with van der Waals surface area (Å²) in [6.45, 7) is 4.35. The third-order valence-corrected chi connectivity index (χ3v) is 7.68. The van der Waals surface area contributed by atoms with Crippen molar-refractivity contribution in [3.05, 3.63) is 58.6 Å². The molecule has 3 aromatic rings. The lowest BCUT2D eigenvalue weighted by atomic mass is 10.2. The summed E-state index contributed by atoms with van der Waals surface area (Å²) in [6.07, 6.45) is 0. The smallest absolute Gasteiger partial charge is 0.257 e. The SMILES string of the molecule is CCN(CC)S(=O)(=O)c1ccc(C(=O)Nc2nnc(-c3ccc(Br)cc3)s2)cc1. The monoisotopic (exact) mass is 494 g/mol. The second-order valence-corrected chi connectivity index (χ2v) is 9.82. The van der Waals surface area contributed by atoms with Gasteiger partial charge in [-0.1, -0.05) is 53.2 Å². The molecular weight excluding hydrogens is 476 g/mol. The van der Waals surface area contributed by atoms with E-state index in [0.717, 1.165) is 10.0 Å². The summed E-state index contributed by atoms with van der Waals surface area (Å²) in [4.78, 5) is 12.6. The van der Waals surface area contributed by atoms with E-state index in [4.69, 9.17) is 0 Å². The highest BCUT2D eigenvalue weighted by molar-refractivity contribution is 9.10. The Morgan fingerprint density at radius 2 is 1.66 bits per heavy atom. The molecule has 1 heterocycles. The van der Waals surface area contributed by atoms with Gasteiger partial charge in [0.2, 0.25) is 15.2 Å². The molecular formula is C19H19BrN4O3S2. The van der Waals surface area contributed by atoms with Crippen molar-refractivity contribution in [2.24, 2.45) is 0 Å². The zero-order valence-corrected chi connectivity index (χ0v) is 19.0. The maximum Gasteiger partial charge on any atom is 0.257 e. The first-order valence-corrected chi connectivity index (χ1v) is 11.9. The average molecular weight is 495 g/mol. The molecule has 152 valence electrons. The molecule has 0 saturated carbocycles. The van der Waals surface area contributed by atoms with Crippen LogP contribution in [0.3, 0.4) is 0 Å². The van der Waals surface area contributed by atoms with Gasteiger partial charge in [-0.05, 0) is 36.4 Å². The Morgan fingerprint density at radius 1 is 1.03 bits per heavy atom. The molecule has 29 heavy (non-hydrogen) atoms. The summed E-state index contributed by atoms with van der Waals surface area (Å²) in [5.41, 5.74) is 1.24. The van der Waals surface area contributed by atoms with Gasteiger partial charge in [0.25, 0.3) is 5.91 Å². The number of nitrogens with one attached hydrogen (secondary N) is 1. The Labute approximate surface area is 182 Å². The highest BCUT2D eigenvalue weighted by Crippen LogP contribution is 2.27. The van der Waals surface area contributed by atoms with Crippen LogP contribution in [0.2, 0.25) is 0 Å². The van der Waals surface area contributed by atoms with Crippen molar-refractivity contribution in [2.75, 3.05) is 18.4 Å². The number of amides is 1. The van der Waals surface area contributed by atoms with Gasteiger partial charge in [-0.15, -0.1) is 10.2 Å². The van der Waals surface area contributed by atoms with E-state index in [1.807, 2.05) is 24.3 Å². The van der Waals surface area contributed by atoms with Crippen LogP contribution in [0.1, 0.15) is 24.2 Å². The van der Waals surface area contributed by atoms with Crippen LogP contribution in [0.4, 0.5) is 5.13 Å². The van der Waals surface area contributed by atoms with Crippen LogP contribution in [0, 0.1) is 0 Å². The van der Waals surface area contributed by atoms with Gasteiger partial charge in [0.1, 0.15) is 5.01 Å². The van der Waals surface area contributed by atoms with E-state index in [0.29, 0.717) is 28.8 Å². The molecule has 0 aliphatic heterocycles. The molecule has 0 bridgehead atoms. The topological polar surface area (TPSA) is 92.3 Å². The van der Waals surface area contributed by atoms with Gasteiger partial charge in [-0.2, -0.15) is 4.31 Å². The first kappa shape index (κ1) is 21.6. The standard InChI is InChI=1S/C19H19BrN4O3S2/c1-3-24(4-2)29(26,27)16-11-7-13(8-12-16)17(25)21-19-23-22-18(28-19)14-5-9-15(20)10-6-14/h5-12H,3-4H2,1-2H3,(H,21,23,25). The quantitative estimate of drug-likeness (QED) is 0.529. The Hall–Kier alpha value is -2.14. The molecule has 3 rings (SSSR count). The highest BCUT2D eigenvalue weighted by Gasteiger charge is 2.21. The molecule has 0 unspecified atom stereocenters. The molecule has 10 heteroatoms. The van der Waals surface area contributed by atoms with Crippen LogP contribution in [0.25, 0.3) is 10.6 Å². The van der Waals surface area contributed by atoms with Crippen LogP contribution < -0.4 is 5.32 Å². The average Bonchev–Trinajstić information content (AvgIpc) is 3.17. The predicted octanol–water partition coefficient (Wildman–Crippen LogP) is 4.25. The van der Waals surface area contributed by atoms with Crippen LogP contribution >= 0.6 is 27.3 Å². The Balaban J connectivity index is 1.72. The lowest BCUT2D eigenvalue weighted by molar-refractivity contribution is 0.102. The highest BCUT2D eigenvalue weighted by atomic mass is 79.9. The van der Waals surface area contributed by atoms with Gasteiger partial charge in [0.05, 0.1) is 4.90 Å². The van der Waals surface area contributed by atoms with Gasteiger partial charge in [0.15, 0.2) is 0 Å².